The summed E-state index contributed by atoms with van der Waals surface area (Å²) < 4.78 is 67.5. The third kappa shape index (κ3) is 5.12. The molecule has 1 amide bonds. The van der Waals surface area contributed by atoms with Gasteiger partial charge < -0.3 is 10.4 Å². The van der Waals surface area contributed by atoms with Crippen LogP contribution >= 0.6 is 0 Å². The van der Waals surface area contributed by atoms with Crippen LogP contribution in [0.5, 0.6) is 0 Å². The highest BCUT2D eigenvalue weighted by molar-refractivity contribution is 7.88. The highest BCUT2D eigenvalue weighted by Gasteiger charge is 2.55. The molecule has 0 radical (unpaired) electrons. The Bertz CT molecular complexity index is 1060. The molecule has 4 bridgehead atoms. The summed E-state index contributed by atoms with van der Waals surface area (Å²) in [7, 11) is -3.60. The first-order valence-corrected chi connectivity index (χ1v) is 12.8. The number of aliphatic hydroxyl groups is 1. The second kappa shape index (κ2) is 7.81. The SMILES string of the molecule is CC(C)(/C=C/n1ncc(C(=O)NC2C3CC4CC2CC(O)(C4)C3)c1C(F)(F)F)NS(C)(=O)=O. The van der Waals surface area contributed by atoms with E-state index in [4.69, 9.17) is 0 Å². The van der Waals surface area contributed by atoms with Gasteiger partial charge in [-0.05, 0) is 69.8 Å². The molecule has 8 nitrogen and oxygen atoms in total. The number of carbonyl (C=O) groups is 1. The first kappa shape index (κ1) is 24.2. The first-order valence-electron chi connectivity index (χ1n) is 10.9. The molecule has 0 saturated heterocycles. The van der Waals surface area contributed by atoms with Gasteiger partial charge in [0.1, 0.15) is 0 Å². The largest absolute Gasteiger partial charge is 0.434 e. The minimum absolute atomic E-state index is 0.0531. The third-order valence-corrected chi connectivity index (χ3v) is 7.82. The number of carbonyl (C=O) groups excluding carboxylic acids is 1. The van der Waals surface area contributed by atoms with E-state index in [9.17, 15) is 31.5 Å². The molecule has 4 fully saturated rings. The van der Waals surface area contributed by atoms with Crippen molar-refractivity contribution in [2.45, 2.75) is 69.3 Å². The van der Waals surface area contributed by atoms with Crippen molar-refractivity contribution in [3.8, 4) is 0 Å². The predicted octanol–water partition coefficient (Wildman–Crippen LogP) is 2.37. The Morgan fingerprint density at radius 2 is 1.85 bits per heavy atom. The summed E-state index contributed by atoms with van der Waals surface area (Å²) in [6.07, 6.45) is 2.80. The van der Waals surface area contributed by atoms with Crippen LogP contribution < -0.4 is 10.0 Å². The van der Waals surface area contributed by atoms with E-state index in [1.165, 1.54) is 19.9 Å². The number of rotatable bonds is 6. The molecular weight excluding hydrogens is 461 g/mol. The Morgan fingerprint density at radius 3 is 2.36 bits per heavy atom. The fourth-order valence-electron chi connectivity index (χ4n) is 6.14. The second-order valence-corrected chi connectivity index (χ2v) is 12.2. The second-order valence-electron chi connectivity index (χ2n) is 10.5. The zero-order valence-electron chi connectivity index (χ0n) is 18.7. The smallest absolute Gasteiger partial charge is 0.390 e. The average molecular weight is 491 g/mol. The molecule has 184 valence electrons. The molecule has 1 aromatic heterocycles. The van der Waals surface area contributed by atoms with Gasteiger partial charge in [0.2, 0.25) is 10.0 Å². The van der Waals surface area contributed by atoms with E-state index < -0.39 is 44.5 Å². The van der Waals surface area contributed by atoms with Gasteiger partial charge in [0.25, 0.3) is 5.91 Å². The highest BCUT2D eigenvalue weighted by atomic mass is 32.2. The van der Waals surface area contributed by atoms with Crippen LogP contribution in [0, 0.1) is 17.8 Å². The molecule has 1 aromatic rings. The van der Waals surface area contributed by atoms with Crippen molar-refractivity contribution in [1.29, 1.82) is 0 Å². The molecule has 4 aliphatic rings. The van der Waals surface area contributed by atoms with Crippen molar-refractivity contribution >= 4 is 22.1 Å². The predicted molar refractivity (Wildman–Crippen MR) is 114 cm³/mol. The van der Waals surface area contributed by atoms with Crippen LogP contribution in [0.15, 0.2) is 12.3 Å². The zero-order chi connectivity index (χ0) is 24.4. The molecular formula is C21H29F3N4O4S. The quantitative estimate of drug-likeness (QED) is 0.567. The van der Waals surface area contributed by atoms with Crippen molar-refractivity contribution in [3.63, 3.8) is 0 Å². The van der Waals surface area contributed by atoms with E-state index in [0.717, 1.165) is 37.9 Å². The number of hydrogen-bond acceptors (Lipinski definition) is 5. The topological polar surface area (TPSA) is 113 Å². The lowest BCUT2D eigenvalue weighted by Gasteiger charge is -2.58. The van der Waals surface area contributed by atoms with Crippen LogP contribution in [0.4, 0.5) is 13.2 Å². The number of nitrogens with zero attached hydrogens (tertiary/aromatic N) is 2. The van der Waals surface area contributed by atoms with Gasteiger partial charge in [0, 0.05) is 17.8 Å². The van der Waals surface area contributed by atoms with Crippen molar-refractivity contribution in [2.75, 3.05) is 6.26 Å². The van der Waals surface area contributed by atoms with E-state index in [1.807, 2.05) is 0 Å². The van der Waals surface area contributed by atoms with Crippen molar-refractivity contribution < 1.29 is 31.5 Å². The van der Waals surface area contributed by atoms with Gasteiger partial charge in [-0.3, -0.25) is 4.79 Å². The number of nitrogens with one attached hydrogen (secondary N) is 2. The summed E-state index contributed by atoms with van der Waals surface area (Å²) in [6, 6.07) is -0.271. The Morgan fingerprint density at radius 1 is 1.24 bits per heavy atom. The van der Waals surface area contributed by atoms with Gasteiger partial charge in [-0.15, -0.1) is 0 Å². The monoisotopic (exact) mass is 490 g/mol. The van der Waals surface area contributed by atoms with Crippen LogP contribution in [0.2, 0.25) is 0 Å². The maximum absolute atomic E-state index is 13.9. The van der Waals surface area contributed by atoms with Crippen LogP contribution in [-0.4, -0.2) is 52.6 Å². The lowest BCUT2D eigenvalue weighted by atomic mass is 9.52. The number of alkyl halides is 3. The number of hydrogen-bond donors (Lipinski definition) is 3. The molecule has 0 aliphatic heterocycles. The molecule has 2 atom stereocenters. The van der Waals surface area contributed by atoms with Gasteiger partial charge in [-0.25, -0.2) is 17.8 Å². The maximum atomic E-state index is 13.9. The Hall–Kier alpha value is -1.92. The first-order chi connectivity index (χ1) is 15.1. The third-order valence-electron chi connectivity index (χ3n) is 6.93. The molecule has 4 aliphatic carbocycles. The molecule has 12 heteroatoms. The number of sulfonamides is 1. The molecule has 1 heterocycles. The lowest BCUT2D eigenvalue weighted by Crippen LogP contribution is -2.61. The van der Waals surface area contributed by atoms with Gasteiger partial charge in [-0.1, -0.05) is 0 Å². The van der Waals surface area contributed by atoms with E-state index >= 15 is 0 Å². The Labute approximate surface area is 190 Å². The summed E-state index contributed by atoms with van der Waals surface area (Å²) in [4.78, 5) is 12.9. The summed E-state index contributed by atoms with van der Waals surface area (Å²) in [5, 5.41) is 17.2. The van der Waals surface area contributed by atoms with E-state index in [2.05, 4.69) is 15.1 Å². The van der Waals surface area contributed by atoms with Gasteiger partial charge in [-0.2, -0.15) is 18.3 Å². The normalized spacial score (nSPS) is 32.0. The molecule has 0 spiro atoms. The molecule has 4 saturated carbocycles. The minimum atomic E-state index is -4.86. The van der Waals surface area contributed by atoms with E-state index in [0.29, 0.717) is 23.4 Å². The highest BCUT2D eigenvalue weighted by Crippen LogP contribution is 2.55. The van der Waals surface area contributed by atoms with Crippen molar-refractivity contribution in [2.24, 2.45) is 17.8 Å². The molecule has 0 aromatic carbocycles. The van der Waals surface area contributed by atoms with Crippen molar-refractivity contribution in [3.05, 3.63) is 23.5 Å². The van der Waals surface area contributed by atoms with Crippen LogP contribution in [0.25, 0.3) is 6.20 Å². The summed E-state index contributed by atoms with van der Waals surface area (Å²) in [6.45, 7) is 2.96. The number of aromatic nitrogens is 2. The zero-order valence-corrected chi connectivity index (χ0v) is 19.5. The standard InChI is InChI=1S/C21H29F3N4O4S/c1-19(2,27-33(3,31)32)4-5-28-17(21(22,23)24)15(11-25-28)18(29)26-16-13-6-12-7-14(16)10-20(30,8-12)9-13/h4-5,11-14,16,27,30H,6-10H2,1-3H3,(H,26,29)/b5-4+. The average Bonchev–Trinajstić information content (AvgIpc) is 3.04. The van der Waals surface area contributed by atoms with Crippen LogP contribution in [-0.2, 0) is 16.2 Å². The van der Waals surface area contributed by atoms with Gasteiger partial charge in [0.05, 0.1) is 23.6 Å². The van der Waals surface area contributed by atoms with E-state index in [-0.39, 0.29) is 17.9 Å². The Kier molecular flexibility index (Phi) is 5.73. The molecule has 3 N–H and O–H groups in total. The number of halogens is 3. The number of amides is 1. The molecule has 2 unspecified atom stereocenters. The fraction of sp³-hybridized carbons (Fsp3) is 0.714. The summed E-state index contributed by atoms with van der Waals surface area (Å²) >= 11 is 0. The maximum Gasteiger partial charge on any atom is 0.434 e. The molecule has 33 heavy (non-hydrogen) atoms. The van der Waals surface area contributed by atoms with Gasteiger partial charge in [0.15, 0.2) is 5.69 Å². The van der Waals surface area contributed by atoms with Crippen LogP contribution in [0.3, 0.4) is 0 Å². The molecule has 5 rings (SSSR count). The van der Waals surface area contributed by atoms with Gasteiger partial charge >= 0.3 is 6.18 Å². The fourth-order valence-corrected chi connectivity index (χ4v) is 7.16. The minimum Gasteiger partial charge on any atom is -0.390 e. The van der Waals surface area contributed by atoms with Crippen molar-refractivity contribution in [1.82, 2.24) is 19.8 Å². The Balaban J connectivity index is 1.57. The van der Waals surface area contributed by atoms with E-state index in [1.54, 1.807) is 0 Å². The lowest BCUT2D eigenvalue weighted by molar-refractivity contribution is -0.143. The van der Waals surface area contributed by atoms with Crippen LogP contribution in [0.1, 0.15) is 62.0 Å². The summed E-state index contributed by atoms with van der Waals surface area (Å²) in [5.74, 6) is -0.335. The summed E-state index contributed by atoms with van der Waals surface area (Å²) in [5.41, 5.74) is -3.70.